The van der Waals surface area contributed by atoms with E-state index in [0.717, 1.165) is 5.56 Å². The molecule has 0 aliphatic carbocycles. The number of rotatable bonds is 4. The van der Waals surface area contributed by atoms with Crippen LogP contribution in [-0.4, -0.2) is 13.0 Å². The maximum atomic E-state index is 12.0. The molecule has 4 heteroatoms. The Kier molecular flexibility index (Phi) is 4.35. The first-order valence-electron chi connectivity index (χ1n) is 6.14. The average molecular weight is 266 g/mol. The molecule has 0 radical (unpaired) electrons. The minimum Gasteiger partial charge on any atom is -0.497 e. The summed E-state index contributed by atoms with van der Waals surface area (Å²) in [6, 6.07) is 17.2. The molecule has 0 spiro atoms. The van der Waals surface area contributed by atoms with E-state index in [2.05, 4.69) is 11.4 Å². The molecule has 0 aromatic heterocycles. The Hall–Kier alpha value is -2.80. The number of carbonyl (C=O) groups is 1. The Morgan fingerprint density at radius 2 is 1.80 bits per heavy atom. The maximum Gasteiger partial charge on any atom is 0.252 e. The zero-order valence-electron chi connectivity index (χ0n) is 11.0. The molecule has 100 valence electrons. The quantitative estimate of drug-likeness (QED) is 0.925. The van der Waals surface area contributed by atoms with Crippen LogP contribution < -0.4 is 10.1 Å². The Balaban J connectivity index is 2.13. The molecule has 2 aromatic rings. The van der Waals surface area contributed by atoms with Gasteiger partial charge in [-0.3, -0.25) is 4.79 Å². The van der Waals surface area contributed by atoms with E-state index in [0.29, 0.717) is 11.3 Å². The number of amides is 1. The van der Waals surface area contributed by atoms with Crippen LogP contribution in [-0.2, 0) is 0 Å². The van der Waals surface area contributed by atoms with Crippen LogP contribution in [0.5, 0.6) is 5.75 Å². The summed E-state index contributed by atoms with van der Waals surface area (Å²) in [5.74, 6) is 0.438. The van der Waals surface area contributed by atoms with Crippen molar-refractivity contribution in [2.75, 3.05) is 7.11 Å². The number of nitrogens with zero attached hydrogens (tertiary/aromatic N) is 1. The lowest BCUT2D eigenvalue weighted by molar-refractivity contribution is 0.0945. The molecule has 0 saturated heterocycles. The standard InChI is InChI=1S/C16H14N2O2/c1-20-14-9-7-12(8-10-14)15(11-17)18-16(19)13-5-3-2-4-6-13/h2-10,15H,1H3,(H,18,19). The van der Waals surface area contributed by atoms with E-state index in [9.17, 15) is 10.1 Å². The number of nitriles is 1. The van der Waals surface area contributed by atoms with E-state index in [-0.39, 0.29) is 5.91 Å². The second kappa shape index (κ2) is 6.39. The minimum atomic E-state index is -0.686. The number of nitrogens with one attached hydrogen (secondary N) is 1. The average Bonchev–Trinajstić information content (AvgIpc) is 2.53. The monoisotopic (exact) mass is 266 g/mol. The molecular weight excluding hydrogens is 252 g/mol. The van der Waals surface area contributed by atoms with Gasteiger partial charge in [-0.1, -0.05) is 30.3 Å². The predicted octanol–water partition coefficient (Wildman–Crippen LogP) is 2.69. The van der Waals surface area contributed by atoms with Crippen LogP contribution in [0.3, 0.4) is 0 Å². The molecule has 1 unspecified atom stereocenters. The topological polar surface area (TPSA) is 62.1 Å². The Morgan fingerprint density at radius 1 is 1.15 bits per heavy atom. The summed E-state index contributed by atoms with van der Waals surface area (Å²) < 4.78 is 5.06. The molecule has 1 N–H and O–H groups in total. The van der Waals surface area contributed by atoms with Crippen LogP contribution in [0.1, 0.15) is 22.0 Å². The first-order valence-corrected chi connectivity index (χ1v) is 6.14. The van der Waals surface area contributed by atoms with E-state index >= 15 is 0 Å². The van der Waals surface area contributed by atoms with Gasteiger partial charge in [-0.05, 0) is 29.8 Å². The second-order valence-electron chi connectivity index (χ2n) is 4.17. The summed E-state index contributed by atoms with van der Waals surface area (Å²) in [7, 11) is 1.58. The van der Waals surface area contributed by atoms with Gasteiger partial charge in [-0.25, -0.2) is 0 Å². The first-order chi connectivity index (χ1) is 9.74. The van der Waals surface area contributed by atoms with Gasteiger partial charge in [0, 0.05) is 5.56 Å². The number of hydrogen-bond acceptors (Lipinski definition) is 3. The molecule has 0 aliphatic rings. The maximum absolute atomic E-state index is 12.0. The molecule has 0 bridgehead atoms. The van der Waals surface area contributed by atoms with E-state index in [1.54, 1.807) is 55.6 Å². The normalized spacial score (nSPS) is 11.2. The number of hydrogen-bond donors (Lipinski definition) is 1. The third kappa shape index (κ3) is 3.15. The van der Waals surface area contributed by atoms with Gasteiger partial charge in [-0.2, -0.15) is 5.26 Å². The van der Waals surface area contributed by atoms with Crippen molar-refractivity contribution < 1.29 is 9.53 Å². The van der Waals surface area contributed by atoms with E-state index in [4.69, 9.17) is 4.74 Å². The summed E-state index contributed by atoms with van der Waals surface area (Å²) in [4.78, 5) is 12.0. The molecule has 2 rings (SSSR count). The summed E-state index contributed by atoms with van der Waals surface area (Å²) in [5, 5.41) is 11.9. The van der Waals surface area contributed by atoms with Crippen molar-refractivity contribution in [3.63, 3.8) is 0 Å². The summed E-state index contributed by atoms with van der Waals surface area (Å²) in [6.45, 7) is 0. The highest BCUT2D eigenvalue weighted by atomic mass is 16.5. The third-order valence-electron chi connectivity index (χ3n) is 2.89. The number of carbonyl (C=O) groups excluding carboxylic acids is 1. The smallest absolute Gasteiger partial charge is 0.252 e. The fourth-order valence-electron chi connectivity index (χ4n) is 1.79. The SMILES string of the molecule is COc1ccc(C(C#N)NC(=O)c2ccccc2)cc1. The van der Waals surface area contributed by atoms with Gasteiger partial charge in [0.05, 0.1) is 13.2 Å². The van der Waals surface area contributed by atoms with Gasteiger partial charge in [0.15, 0.2) is 0 Å². The van der Waals surface area contributed by atoms with Crippen molar-refractivity contribution in [2.45, 2.75) is 6.04 Å². The molecule has 4 nitrogen and oxygen atoms in total. The molecule has 0 fully saturated rings. The largest absolute Gasteiger partial charge is 0.497 e. The Labute approximate surface area is 117 Å². The van der Waals surface area contributed by atoms with Crippen molar-refractivity contribution in [1.82, 2.24) is 5.32 Å². The molecule has 1 amide bonds. The van der Waals surface area contributed by atoms with Crippen LogP contribution in [0.2, 0.25) is 0 Å². The molecule has 2 aromatic carbocycles. The van der Waals surface area contributed by atoms with Gasteiger partial charge >= 0.3 is 0 Å². The van der Waals surface area contributed by atoms with Crippen LogP contribution in [0.25, 0.3) is 0 Å². The number of benzene rings is 2. The van der Waals surface area contributed by atoms with E-state index in [1.807, 2.05) is 6.07 Å². The highest BCUT2D eigenvalue weighted by Crippen LogP contribution is 2.17. The predicted molar refractivity (Wildman–Crippen MR) is 75.3 cm³/mol. The minimum absolute atomic E-state index is 0.270. The lowest BCUT2D eigenvalue weighted by Crippen LogP contribution is -2.27. The van der Waals surface area contributed by atoms with Crippen molar-refractivity contribution in [3.05, 3.63) is 65.7 Å². The molecule has 1 atom stereocenters. The van der Waals surface area contributed by atoms with Crippen LogP contribution >= 0.6 is 0 Å². The van der Waals surface area contributed by atoms with Gasteiger partial charge in [0.1, 0.15) is 11.8 Å². The van der Waals surface area contributed by atoms with E-state index in [1.165, 1.54) is 0 Å². The lowest BCUT2D eigenvalue weighted by Gasteiger charge is -2.12. The summed E-state index contributed by atoms with van der Waals surface area (Å²) >= 11 is 0. The highest BCUT2D eigenvalue weighted by molar-refractivity contribution is 5.94. The van der Waals surface area contributed by atoms with Crippen molar-refractivity contribution in [1.29, 1.82) is 5.26 Å². The third-order valence-corrected chi connectivity index (χ3v) is 2.89. The Bertz CT molecular complexity index is 615. The van der Waals surface area contributed by atoms with Crippen molar-refractivity contribution in [2.24, 2.45) is 0 Å². The highest BCUT2D eigenvalue weighted by Gasteiger charge is 2.14. The molecule has 20 heavy (non-hydrogen) atoms. The van der Waals surface area contributed by atoms with Crippen molar-refractivity contribution >= 4 is 5.91 Å². The number of methoxy groups -OCH3 is 1. The number of ether oxygens (including phenoxy) is 1. The summed E-state index contributed by atoms with van der Waals surface area (Å²) in [6.07, 6.45) is 0. The van der Waals surface area contributed by atoms with E-state index < -0.39 is 6.04 Å². The first kappa shape index (κ1) is 13.6. The van der Waals surface area contributed by atoms with Crippen LogP contribution in [0.15, 0.2) is 54.6 Å². The lowest BCUT2D eigenvalue weighted by atomic mass is 10.1. The molecule has 0 aliphatic heterocycles. The Morgan fingerprint density at radius 3 is 2.35 bits per heavy atom. The molecular formula is C16H14N2O2. The second-order valence-corrected chi connectivity index (χ2v) is 4.17. The van der Waals surface area contributed by atoms with Crippen molar-refractivity contribution in [3.8, 4) is 11.8 Å². The van der Waals surface area contributed by atoms with Crippen LogP contribution in [0, 0.1) is 11.3 Å². The fourth-order valence-corrected chi connectivity index (χ4v) is 1.79. The van der Waals surface area contributed by atoms with Gasteiger partial charge in [-0.15, -0.1) is 0 Å². The van der Waals surface area contributed by atoms with Gasteiger partial charge < -0.3 is 10.1 Å². The van der Waals surface area contributed by atoms with Crippen LogP contribution in [0.4, 0.5) is 0 Å². The molecule has 0 heterocycles. The molecule has 0 saturated carbocycles. The van der Waals surface area contributed by atoms with Gasteiger partial charge in [0.2, 0.25) is 0 Å². The van der Waals surface area contributed by atoms with Gasteiger partial charge in [0.25, 0.3) is 5.91 Å². The summed E-state index contributed by atoms with van der Waals surface area (Å²) in [5.41, 5.74) is 1.25. The zero-order valence-corrected chi connectivity index (χ0v) is 11.0. The fraction of sp³-hybridized carbons (Fsp3) is 0.125. The zero-order chi connectivity index (χ0) is 14.4.